The summed E-state index contributed by atoms with van der Waals surface area (Å²) in [6.45, 7) is 3.47. The van der Waals surface area contributed by atoms with Crippen molar-refractivity contribution in [2.45, 2.75) is 19.4 Å². The van der Waals surface area contributed by atoms with Crippen LogP contribution in [0.2, 0.25) is 0 Å². The van der Waals surface area contributed by atoms with Crippen LogP contribution in [-0.2, 0) is 10.3 Å². The van der Waals surface area contributed by atoms with E-state index >= 15 is 0 Å². The highest BCUT2D eigenvalue weighted by Crippen LogP contribution is 2.43. The molecule has 7 heteroatoms. The van der Waals surface area contributed by atoms with E-state index in [0.717, 1.165) is 0 Å². The first-order valence-electron chi connectivity index (χ1n) is 6.54. The van der Waals surface area contributed by atoms with Crippen molar-refractivity contribution in [3.63, 3.8) is 0 Å². The van der Waals surface area contributed by atoms with Gasteiger partial charge in [0.15, 0.2) is 0 Å². The average Bonchev–Trinajstić information content (AvgIpc) is 2.70. The van der Waals surface area contributed by atoms with Gasteiger partial charge in [-0.2, -0.15) is 0 Å². The maximum atomic E-state index is 11.9. The van der Waals surface area contributed by atoms with Crippen LogP contribution in [0, 0.1) is 10.1 Å². The Balaban J connectivity index is 2.10. The largest absolute Gasteiger partial charge is 0.451 e. The molecule has 2 aromatic rings. The molecule has 0 radical (unpaired) electrons. The summed E-state index contributed by atoms with van der Waals surface area (Å²) < 4.78 is 10.9. The molecule has 0 saturated carbocycles. The molecule has 0 fully saturated rings. The number of rotatable bonds is 3. The Morgan fingerprint density at radius 2 is 2.05 bits per heavy atom. The summed E-state index contributed by atoms with van der Waals surface area (Å²) in [6, 6.07) is 7.65. The Kier molecular flexibility index (Phi) is 3.05. The summed E-state index contributed by atoms with van der Waals surface area (Å²) in [5, 5.41) is 11.0. The molecule has 0 amide bonds. The summed E-state index contributed by atoms with van der Waals surface area (Å²) in [5.41, 5.74) is -0.170. The van der Waals surface area contributed by atoms with Crippen LogP contribution in [0.15, 0.2) is 36.5 Å². The summed E-state index contributed by atoms with van der Waals surface area (Å²) in [5.74, 6) is -0.257. The fourth-order valence-corrected chi connectivity index (χ4v) is 2.45. The molecule has 1 aliphatic heterocycles. The van der Waals surface area contributed by atoms with Crippen LogP contribution in [0.1, 0.15) is 29.8 Å². The molecular formula is C15H12N2O5. The first-order valence-corrected chi connectivity index (χ1v) is 6.54. The highest BCUT2D eigenvalue weighted by molar-refractivity contribution is 5.95. The Labute approximate surface area is 125 Å². The Bertz CT molecular complexity index is 785. The first-order chi connectivity index (χ1) is 10.4. The zero-order valence-electron chi connectivity index (χ0n) is 11.9. The lowest BCUT2D eigenvalue weighted by Gasteiger charge is -2.20. The van der Waals surface area contributed by atoms with Gasteiger partial charge in [0.25, 0.3) is 5.88 Å². The van der Waals surface area contributed by atoms with Crippen LogP contribution in [0.3, 0.4) is 0 Å². The van der Waals surface area contributed by atoms with Crippen molar-refractivity contribution < 1.29 is 19.2 Å². The van der Waals surface area contributed by atoms with Gasteiger partial charge < -0.3 is 9.47 Å². The molecular weight excluding hydrogens is 288 g/mol. The lowest BCUT2D eigenvalue weighted by Crippen LogP contribution is -2.17. The van der Waals surface area contributed by atoms with Crippen molar-refractivity contribution in [1.82, 2.24) is 4.98 Å². The Morgan fingerprint density at radius 1 is 1.27 bits per heavy atom. The number of hydrogen-bond acceptors (Lipinski definition) is 6. The molecule has 0 atom stereocenters. The van der Waals surface area contributed by atoms with Gasteiger partial charge in [-0.1, -0.05) is 6.07 Å². The molecule has 0 aliphatic carbocycles. The summed E-state index contributed by atoms with van der Waals surface area (Å²) >= 11 is 0. The molecule has 0 saturated heterocycles. The van der Waals surface area contributed by atoms with Crippen LogP contribution in [-0.4, -0.2) is 15.9 Å². The summed E-state index contributed by atoms with van der Waals surface area (Å²) in [4.78, 5) is 26.2. The zero-order valence-corrected chi connectivity index (χ0v) is 11.9. The van der Waals surface area contributed by atoms with Crippen molar-refractivity contribution in [2.75, 3.05) is 0 Å². The third-order valence-electron chi connectivity index (χ3n) is 3.35. The maximum absolute atomic E-state index is 11.9. The molecule has 1 aliphatic rings. The van der Waals surface area contributed by atoms with Gasteiger partial charge in [0.05, 0.1) is 16.1 Å². The second kappa shape index (κ2) is 4.80. The van der Waals surface area contributed by atoms with Gasteiger partial charge in [-0.15, -0.1) is 0 Å². The van der Waals surface area contributed by atoms with E-state index in [9.17, 15) is 14.9 Å². The quantitative estimate of drug-likeness (QED) is 0.491. The first kappa shape index (κ1) is 14.0. The number of pyridine rings is 1. The van der Waals surface area contributed by atoms with Crippen LogP contribution >= 0.6 is 0 Å². The van der Waals surface area contributed by atoms with Crippen LogP contribution in [0.25, 0.3) is 0 Å². The van der Waals surface area contributed by atoms with Crippen molar-refractivity contribution in [1.29, 1.82) is 0 Å². The smallest absolute Gasteiger partial charge is 0.339 e. The van der Waals surface area contributed by atoms with Gasteiger partial charge in [0.1, 0.15) is 11.4 Å². The number of carbonyl (C=O) groups excluding carboxylic acids is 1. The van der Waals surface area contributed by atoms with E-state index in [1.165, 1.54) is 18.3 Å². The highest BCUT2D eigenvalue weighted by Gasteiger charge is 2.41. The van der Waals surface area contributed by atoms with Crippen molar-refractivity contribution >= 4 is 11.7 Å². The number of nitrogens with zero attached hydrogens (tertiary/aromatic N) is 2. The molecule has 0 N–H and O–H groups in total. The molecule has 2 heterocycles. The van der Waals surface area contributed by atoms with E-state index in [1.807, 2.05) is 0 Å². The van der Waals surface area contributed by atoms with E-state index < -0.39 is 16.5 Å². The number of benzene rings is 1. The minimum atomic E-state index is -0.868. The van der Waals surface area contributed by atoms with Gasteiger partial charge in [-0.3, -0.25) is 10.1 Å². The molecule has 112 valence electrons. The van der Waals surface area contributed by atoms with Gasteiger partial charge in [-0.05, 0) is 32.0 Å². The summed E-state index contributed by atoms with van der Waals surface area (Å²) in [6.07, 6.45) is 1.40. The monoisotopic (exact) mass is 300 g/mol. The molecule has 1 aromatic carbocycles. The SMILES string of the molecule is CC1(C)OC(=O)c2cccc(Oc3ncccc3[N+](=O)[O-])c21. The Hall–Kier alpha value is -2.96. The normalized spacial score (nSPS) is 15.1. The minimum Gasteiger partial charge on any atom is -0.451 e. The fourth-order valence-electron chi connectivity index (χ4n) is 2.45. The van der Waals surface area contributed by atoms with E-state index in [2.05, 4.69) is 4.98 Å². The number of ether oxygens (including phenoxy) is 2. The molecule has 22 heavy (non-hydrogen) atoms. The molecule has 0 bridgehead atoms. The van der Waals surface area contributed by atoms with Gasteiger partial charge in [0, 0.05) is 12.3 Å². The van der Waals surface area contributed by atoms with E-state index in [1.54, 1.807) is 32.0 Å². The molecule has 1 aromatic heterocycles. The number of nitro groups is 1. The number of aromatic nitrogens is 1. The minimum absolute atomic E-state index is 0.129. The second-order valence-corrected chi connectivity index (χ2v) is 5.27. The molecule has 3 rings (SSSR count). The molecule has 0 spiro atoms. The number of hydrogen-bond donors (Lipinski definition) is 0. The van der Waals surface area contributed by atoms with Gasteiger partial charge in [-0.25, -0.2) is 9.78 Å². The topological polar surface area (TPSA) is 91.6 Å². The van der Waals surface area contributed by atoms with Crippen LogP contribution in [0.5, 0.6) is 11.6 Å². The van der Waals surface area contributed by atoms with Crippen LogP contribution in [0.4, 0.5) is 5.69 Å². The van der Waals surface area contributed by atoms with Crippen molar-refractivity contribution in [3.05, 3.63) is 57.8 Å². The second-order valence-electron chi connectivity index (χ2n) is 5.27. The third-order valence-corrected chi connectivity index (χ3v) is 3.35. The van der Waals surface area contributed by atoms with Crippen molar-refractivity contribution in [2.24, 2.45) is 0 Å². The number of cyclic esters (lactones) is 1. The molecule has 7 nitrogen and oxygen atoms in total. The van der Waals surface area contributed by atoms with E-state index in [0.29, 0.717) is 16.9 Å². The number of fused-ring (bicyclic) bond motifs is 1. The van der Waals surface area contributed by atoms with E-state index in [4.69, 9.17) is 9.47 Å². The lowest BCUT2D eigenvalue weighted by atomic mass is 9.95. The summed E-state index contributed by atoms with van der Waals surface area (Å²) in [7, 11) is 0. The maximum Gasteiger partial charge on any atom is 0.339 e. The highest BCUT2D eigenvalue weighted by atomic mass is 16.6. The van der Waals surface area contributed by atoms with Crippen LogP contribution < -0.4 is 4.74 Å². The molecule has 0 unspecified atom stereocenters. The predicted molar refractivity (Wildman–Crippen MR) is 75.8 cm³/mol. The van der Waals surface area contributed by atoms with Crippen molar-refractivity contribution in [3.8, 4) is 11.6 Å². The zero-order chi connectivity index (χ0) is 15.9. The number of esters is 1. The lowest BCUT2D eigenvalue weighted by molar-refractivity contribution is -0.386. The average molecular weight is 300 g/mol. The van der Waals surface area contributed by atoms with E-state index in [-0.39, 0.29) is 11.6 Å². The number of carbonyl (C=O) groups is 1. The van der Waals surface area contributed by atoms with Gasteiger partial charge >= 0.3 is 11.7 Å². The van der Waals surface area contributed by atoms with Gasteiger partial charge in [0.2, 0.25) is 0 Å². The Morgan fingerprint density at radius 3 is 2.77 bits per heavy atom. The third kappa shape index (κ3) is 2.16. The fraction of sp³-hybridized carbons (Fsp3) is 0.200. The predicted octanol–water partition coefficient (Wildman–Crippen LogP) is 3.19. The standard InChI is InChI=1S/C15H12N2O5/c1-15(2)12-9(14(18)22-15)5-3-7-11(12)21-13-10(17(19)20)6-4-8-16-13/h3-8H,1-2H3.